The van der Waals surface area contributed by atoms with E-state index in [1.807, 2.05) is 18.4 Å². The average Bonchev–Trinajstić information content (AvgIpc) is 2.88. The van der Waals surface area contributed by atoms with Crippen molar-refractivity contribution in [1.29, 1.82) is 0 Å². The van der Waals surface area contributed by atoms with Gasteiger partial charge in [-0.3, -0.25) is 4.79 Å². The number of carbonyl (C=O) groups is 1. The molecule has 0 aliphatic carbocycles. The van der Waals surface area contributed by atoms with Crippen LogP contribution < -0.4 is 10.2 Å². The molecular weight excluding hydrogens is 322 g/mol. The highest BCUT2D eigenvalue weighted by Gasteiger charge is 2.19. The van der Waals surface area contributed by atoms with Crippen LogP contribution in [0.3, 0.4) is 0 Å². The Morgan fingerprint density at radius 2 is 2.23 bits per heavy atom. The predicted molar refractivity (Wildman–Crippen MR) is 89.3 cm³/mol. The third kappa shape index (κ3) is 3.09. The summed E-state index contributed by atoms with van der Waals surface area (Å²) in [4.78, 5) is 19.5. The molecular formula is C15H16ClN3O2S. The zero-order valence-electron chi connectivity index (χ0n) is 12.1. The van der Waals surface area contributed by atoms with E-state index in [1.165, 1.54) is 11.3 Å². The van der Waals surface area contributed by atoms with Gasteiger partial charge >= 0.3 is 0 Å². The smallest absolute Gasteiger partial charge is 0.267 e. The normalized spacial score (nSPS) is 14.9. The van der Waals surface area contributed by atoms with E-state index in [0.717, 1.165) is 24.5 Å². The fourth-order valence-electron chi connectivity index (χ4n) is 2.28. The van der Waals surface area contributed by atoms with Crippen molar-refractivity contribution < 1.29 is 9.53 Å². The Morgan fingerprint density at radius 3 is 2.91 bits per heavy atom. The summed E-state index contributed by atoms with van der Waals surface area (Å²) >= 11 is 7.51. The van der Waals surface area contributed by atoms with Gasteiger partial charge in [-0.2, -0.15) is 0 Å². The van der Waals surface area contributed by atoms with Gasteiger partial charge in [0.05, 0.1) is 23.9 Å². The lowest BCUT2D eigenvalue weighted by Crippen LogP contribution is -2.37. The molecule has 1 saturated heterocycles. The van der Waals surface area contributed by atoms with Gasteiger partial charge in [0.1, 0.15) is 4.88 Å². The zero-order valence-corrected chi connectivity index (χ0v) is 13.7. The molecule has 0 unspecified atom stereocenters. The van der Waals surface area contributed by atoms with Crippen molar-refractivity contribution in [3.05, 3.63) is 39.2 Å². The molecule has 3 rings (SSSR count). The maximum atomic E-state index is 12.4. The van der Waals surface area contributed by atoms with Gasteiger partial charge < -0.3 is 15.0 Å². The molecule has 1 amide bonds. The lowest BCUT2D eigenvalue weighted by molar-refractivity contribution is 0.103. The summed E-state index contributed by atoms with van der Waals surface area (Å²) in [5.41, 5.74) is 1.60. The number of nitrogens with zero attached hydrogens (tertiary/aromatic N) is 2. The number of carbonyl (C=O) groups excluding carboxylic acids is 1. The maximum absolute atomic E-state index is 12.4. The molecule has 3 heterocycles. The molecule has 1 fully saturated rings. The highest BCUT2D eigenvalue weighted by Crippen LogP contribution is 2.29. The van der Waals surface area contributed by atoms with Crippen LogP contribution in [-0.2, 0) is 4.74 Å². The monoisotopic (exact) mass is 337 g/mol. The van der Waals surface area contributed by atoms with E-state index in [4.69, 9.17) is 16.3 Å². The van der Waals surface area contributed by atoms with Gasteiger partial charge in [-0.05, 0) is 30.0 Å². The first-order valence-electron chi connectivity index (χ1n) is 6.99. The first-order chi connectivity index (χ1) is 10.7. The Balaban J connectivity index is 1.83. The van der Waals surface area contributed by atoms with Crippen LogP contribution in [0.25, 0.3) is 0 Å². The Bertz CT molecular complexity index is 683. The fourth-order valence-corrected chi connectivity index (χ4v) is 3.46. The number of nitrogens with one attached hydrogen (secondary N) is 1. The number of halogens is 1. The van der Waals surface area contributed by atoms with Gasteiger partial charge in [0, 0.05) is 19.3 Å². The Labute approximate surface area is 137 Å². The SMILES string of the molecule is Cc1csc(C(=O)Nc2cccnc2N2CCOCC2)c1Cl. The quantitative estimate of drug-likeness (QED) is 0.934. The van der Waals surface area contributed by atoms with Gasteiger partial charge in [0.2, 0.25) is 0 Å². The topological polar surface area (TPSA) is 54.5 Å². The molecule has 22 heavy (non-hydrogen) atoms. The lowest BCUT2D eigenvalue weighted by Gasteiger charge is -2.29. The number of rotatable bonds is 3. The lowest BCUT2D eigenvalue weighted by atomic mass is 10.3. The minimum absolute atomic E-state index is 0.203. The number of pyridine rings is 1. The van der Waals surface area contributed by atoms with Crippen molar-refractivity contribution in [2.24, 2.45) is 0 Å². The number of morpholine rings is 1. The largest absolute Gasteiger partial charge is 0.378 e. The molecule has 0 saturated carbocycles. The summed E-state index contributed by atoms with van der Waals surface area (Å²) < 4.78 is 5.36. The standard InChI is InChI=1S/C15H16ClN3O2S/c1-10-9-22-13(12(10)16)15(20)18-11-3-2-4-17-14(11)19-5-7-21-8-6-19/h2-4,9H,5-8H2,1H3,(H,18,20). The predicted octanol–water partition coefficient (Wildman–Crippen LogP) is 3.19. The molecule has 0 aromatic carbocycles. The second-order valence-corrected chi connectivity index (χ2v) is 6.25. The number of aromatic nitrogens is 1. The molecule has 1 aliphatic heterocycles. The zero-order chi connectivity index (χ0) is 15.5. The van der Waals surface area contributed by atoms with Crippen molar-refractivity contribution in [2.75, 3.05) is 36.5 Å². The van der Waals surface area contributed by atoms with Crippen molar-refractivity contribution in [1.82, 2.24) is 4.98 Å². The number of amides is 1. The minimum Gasteiger partial charge on any atom is -0.378 e. The summed E-state index contributed by atoms with van der Waals surface area (Å²) in [6, 6.07) is 3.66. The van der Waals surface area contributed by atoms with E-state index in [1.54, 1.807) is 12.3 Å². The third-order valence-corrected chi connectivity index (χ3v) is 5.15. The van der Waals surface area contributed by atoms with Crippen LogP contribution in [0.15, 0.2) is 23.7 Å². The van der Waals surface area contributed by atoms with Crippen molar-refractivity contribution in [3.8, 4) is 0 Å². The van der Waals surface area contributed by atoms with E-state index in [0.29, 0.717) is 28.8 Å². The van der Waals surface area contributed by atoms with Crippen molar-refractivity contribution >= 4 is 40.4 Å². The van der Waals surface area contributed by atoms with Crippen LogP contribution in [-0.4, -0.2) is 37.2 Å². The van der Waals surface area contributed by atoms with E-state index < -0.39 is 0 Å². The number of anilines is 2. The number of hydrogen-bond donors (Lipinski definition) is 1. The molecule has 0 spiro atoms. The molecule has 116 valence electrons. The summed E-state index contributed by atoms with van der Waals surface area (Å²) in [5.74, 6) is 0.564. The van der Waals surface area contributed by atoms with Gasteiger partial charge in [-0.15, -0.1) is 11.3 Å². The van der Waals surface area contributed by atoms with E-state index in [9.17, 15) is 4.79 Å². The maximum Gasteiger partial charge on any atom is 0.267 e. The first-order valence-corrected chi connectivity index (χ1v) is 8.25. The second kappa shape index (κ2) is 6.64. The molecule has 0 radical (unpaired) electrons. The minimum atomic E-state index is -0.203. The van der Waals surface area contributed by atoms with Gasteiger partial charge in [0.25, 0.3) is 5.91 Å². The number of thiophene rings is 1. The molecule has 1 aliphatic rings. The second-order valence-electron chi connectivity index (χ2n) is 4.99. The summed E-state index contributed by atoms with van der Waals surface area (Å²) in [6.45, 7) is 4.75. The summed E-state index contributed by atoms with van der Waals surface area (Å²) in [6.07, 6.45) is 1.72. The van der Waals surface area contributed by atoms with Crippen LogP contribution >= 0.6 is 22.9 Å². The Hall–Kier alpha value is -1.63. The molecule has 5 nitrogen and oxygen atoms in total. The first kappa shape index (κ1) is 15.3. The fraction of sp³-hybridized carbons (Fsp3) is 0.333. The van der Waals surface area contributed by atoms with E-state index in [2.05, 4.69) is 15.2 Å². The highest BCUT2D eigenvalue weighted by molar-refractivity contribution is 7.13. The molecule has 0 atom stereocenters. The number of ether oxygens (including phenoxy) is 1. The average molecular weight is 338 g/mol. The van der Waals surface area contributed by atoms with Crippen LogP contribution in [0, 0.1) is 6.92 Å². The van der Waals surface area contributed by atoms with Crippen molar-refractivity contribution in [2.45, 2.75) is 6.92 Å². The third-order valence-electron chi connectivity index (χ3n) is 3.45. The Kier molecular flexibility index (Phi) is 4.61. The van der Waals surface area contributed by atoms with E-state index >= 15 is 0 Å². The Morgan fingerprint density at radius 1 is 1.45 bits per heavy atom. The van der Waals surface area contributed by atoms with Crippen LogP contribution in [0.1, 0.15) is 15.2 Å². The van der Waals surface area contributed by atoms with Gasteiger partial charge in [-0.1, -0.05) is 11.6 Å². The highest BCUT2D eigenvalue weighted by atomic mass is 35.5. The van der Waals surface area contributed by atoms with Gasteiger partial charge in [0.15, 0.2) is 5.82 Å². The van der Waals surface area contributed by atoms with Crippen LogP contribution in [0.2, 0.25) is 5.02 Å². The number of aryl methyl sites for hydroxylation is 1. The van der Waals surface area contributed by atoms with Crippen molar-refractivity contribution in [3.63, 3.8) is 0 Å². The summed E-state index contributed by atoms with van der Waals surface area (Å²) in [7, 11) is 0. The molecule has 7 heteroatoms. The van der Waals surface area contributed by atoms with Crippen LogP contribution in [0.5, 0.6) is 0 Å². The molecule has 2 aromatic heterocycles. The van der Waals surface area contributed by atoms with E-state index in [-0.39, 0.29) is 5.91 Å². The summed E-state index contributed by atoms with van der Waals surface area (Å²) in [5, 5.41) is 5.31. The van der Waals surface area contributed by atoms with Gasteiger partial charge in [-0.25, -0.2) is 4.98 Å². The molecule has 1 N–H and O–H groups in total. The molecule has 2 aromatic rings. The number of hydrogen-bond acceptors (Lipinski definition) is 5. The van der Waals surface area contributed by atoms with Crippen LogP contribution in [0.4, 0.5) is 11.5 Å². The molecule has 0 bridgehead atoms.